The third-order valence-electron chi connectivity index (χ3n) is 3.90. The standard InChI is InChI=1S/C14H20N4O2/c1-14(13(20)17-2)5-6-18(8-14)11-7-9(12(16)19)3-4-10(11)15/h3-4,7H,5-6,8,15H2,1-2H3,(H2,16,19)(H,17,20). The molecular formula is C14H20N4O2. The summed E-state index contributed by atoms with van der Waals surface area (Å²) in [5, 5.41) is 2.69. The molecule has 2 rings (SSSR count). The Bertz CT molecular complexity index is 558. The Balaban J connectivity index is 2.28. The second kappa shape index (κ2) is 5.03. The van der Waals surface area contributed by atoms with Crippen LogP contribution in [0.4, 0.5) is 11.4 Å². The topological polar surface area (TPSA) is 101 Å². The van der Waals surface area contributed by atoms with Crippen LogP contribution in [-0.4, -0.2) is 32.0 Å². The van der Waals surface area contributed by atoms with E-state index in [1.54, 1.807) is 25.2 Å². The van der Waals surface area contributed by atoms with Crippen molar-refractivity contribution < 1.29 is 9.59 Å². The van der Waals surface area contributed by atoms with Crippen molar-refractivity contribution in [1.82, 2.24) is 5.32 Å². The zero-order valence-electron chi connectivity index (χ0n) is 11.8. The number of anilines is 2. The van der Waals surface area contributed by atoms with Crippen molar-refractivity contribution in [3.8, 4) is 0 Å². The first-order chi connectivity index (χ1) is 9.37. The Morgan fingerprint density at radius 3 is 2.70 bits per heavy atom. The first-order valence-electron chi connectivity index (χ1n) is 6.54. The fourth-order valence-corrected chi connectivity index (χ4v) is 2.62. The molecular weight excluding hydrogens is 256 g/mol. The molecule has 0 aromatic heterocycles. The van der Waals surface area contributed by atoms with Gasteiger partial charge < -0.3 is 21.7 Å². The summed E-state index contributed by atoms with van der Waals surface area (Å²) in [6, 6.07) is 4.97. The number of nitrogens with one attached hydrogen (secondary N) is 1. The molecule has 1 aliphatic rings. The molecule has 1 heterocycles. The Morgan fingerprint density at radius 2 is 2.10 bits per heavy atom. The monoisotopic (exact) mass is 276 g/mol. The van der Waals surface area contributed by atoms with Crippen molar-refractivity contribution >= 4 is 23.2 Å². The Kier molecular flexibility index (Phi) is 3.57. The molecule has 1 aromatic rings. The number of nitrogens with zero attached hydrogens (tertiary/aromatic N) is 1. The number of rotatable bonds is 3. The van der Waals surface area contributed by atoms with E-state index in [4.69, 9.17) is 11.5 Å². The van der Waals surface area contributed by atoms with Crippen molar-refractivity contribution in [3.63, 3.8) is 0 Å². The van der Waals surface area contributed by atoms with Gasteiger partial charge in [-0.3, -0.25) is 9.59 Å². The SMILES string of the molecule is CNC(=O)C1(C)CCN(c2cc(C(N)=O)ccc2N)C1. The number of hydrogen-bond acceptors (Lipinski definition) is 4. The smallest absolute Gasteiger partial charge is 0.248 e. The van der Waals surface area contributed by atoms with Gasteiger partial charge in [-0.15, -0.1) is 0 Å². The predicted octanol–water partition coefficient (Wildman–Crippen LogP) is 0.330. The van der Waals surface area contributed by atoms with E-state index in [1.165, 1.54) is 0 Å². The number of carbonyl (C=O) groups is 2. The Morgan fingerprint density at radius 1 is 1.40 bits per heavy atom. The highest BCUT2D eigenvalue weighted by Gasteiger charge is 2.40. The quantitative estimate of drug-likeness (QED) is 0.692. The van der Waals surface area contributed by atoms with Crippen molar-refractivity contribution in [3.05, 3.63) is 23.8 Å². The summed E-state index contributed by atoms with van der Waals surface area (Å²) < 4.78 is 0. The van der Waals surface area contributed by atoms with Crippen LogP contribution in [0.1, 0.15) is 23.7 Å². The molecule has 6 nitrogen and oxygen atoms in total. The zero-order chi connectivity index (χ0) is 14.9. The lowest BCUT2D eigenvalue weighted by Crippen LogP contribution is -2.39. The van der Waals surface area contributed by atoms with Crippen LogP contribution in [0.5, 0.6) is 0 Å². The second-order valence-electron chi connectivity index (χ2n) is 5.45. The maximum Gasteiger partial charge on any atom is 0.248 e. The highest BCUT2D eigenvalue weighted by molar-refractivity contribution is 5.95. The van der Waals surface area contributed by atoms with E-state index in [9.17, 15) is 9.59 Å². The van der Waals surface area contributed by atoms with Crippen LogP contribution in [0.15, 0.2) is 18.2 Å². The van der Waals surface area contributed by atoms with Gasteiger partial charge in [-0.25, -0.2) is 0 Å². The van der Waals surface area contributed by atoms with Gasteiger partial charge in [0.15, 0.2) is 0 Å². The predicted molar refractivity (Wildman–Crippen MR) is 78.4 cm³/mol. The normalized spacial score (nSPS) is 21.8. The van der Waals surface area contributed by atoms with E-state index in [0.717, 1.165) is 18.7 Å². The number of benzene rings is 1. The van der Waals surface area contributed by atoms with E-state index >= 15 is 0 Å². The molecule has 1 aliphatic heterocycles. The van der Waals surface area contributed by atoms with Crippen LogP contribution >= 0.6 is 0 Å². The Labute approximate surface area is 118 Å². The van der Waals surface area contributed by atoms with Gasteiger partial charge in [0.25, 0.3) is 0 Å². The maximum absolute atomic E-state index is 11.9. The average Bonchev–Trinajstić information content (AvgIpc) is 2.81. The summed E-state index contributed by atoms with van der Waals surface area (Å²) in [7, 11) is 1.64. The van der Waals surface area contributed by atoms with E-state index in [-0.39, 0.29) is 5.91 Å². The molecule has 1 saturated heterocycles. The largest absolute Gasteiger partial charge is 0.397 e. The molecule has 0 aliphatic carbocycles. The molecule has 1 atom stereocenters. The maximum atomic E-state index is 11.9. The number of hydrogen-bond donors (Lipinski definition) is 3. The van der Waals surface area contributed by atoms with Crippen LogP contribution in [0.2, 0.25) is 0 Å². The fourth-order valence-electron chi connectivity index (χ4n) is 2.62. The third-order valence-corrected chi connectivity index (χ3v) is 3.90. The van der Waals surface area contributed by atoms with Crippen LogP contribution in [0.3, 0.4) is 0 Å². The van der Waals surface area contributed by atoms with Gasteiger partial charge in [0, 0.05) is 25.7 Å². The van der Waals surface area contributed by atoms with Gasteiger partial charge >= 0.3 is 0 Å². The number of primary amides is 1. The molecule has 1 aromatic carbocycles. The fraction of sp³-hybridized carbons (Fsp3) is 0.429. The minimum Gasteiger partial charge on any atom is -0.397 e. The van der Waals surface area contributed by atoms with Crippen molar-refractivity contribution in [2.45, 2.75) is 13.3 Å². The Hall–Kier alpha value is -2.24. The van der Waals surface area contributed by atoms with Gasteiger partial charge in [-0.05, 0) is 31.5 Å². The summed E-state index contributed by atoms with van der Waals surface area (Å²) in [6.07, 6.45) is 0.743. The summed E-state index contributed by atoms with van der Waals surface area (Å²) in [4.78, 5) is 25.2. The summed E-state index contributed by atoms with van der Waals surface area (Å²) in [5.41, 5.74) is 12.6. The third kappa shape index (κ3) is 2.41. The van der Waals surface area contributed by atoms with Crippen LogP contribution in [0, 0.1) is 5.41 Å². The minimum absolute atomic E-state index is 0.0182. The molecule has 2 amide bonds. The molecule has 0 saturated carbocycles. The van der Waals surface area contributed by atoms with E-state index in [2.05, 4.69) is 5.32 Å². The van der Waals surface area contributed by atoms with E-state index in [1.807, 2.05) is 11.8 Å². The van der Waals surface area contributed by atoms with Crippen LogP contribution in [0.25, 0.3) is 0 Å². The average molecular weight is 276 g/mol. The molecule has 0 spiro atoms. The molecule has 0 radical (unpaired) electrons. The molecule has 0 bridgehead atoms. The first-order valence-corrected chi connectivity index (χ1v) is 6.54. The zero-order valence-corrected chi connectivity index (χ0v) is 11.8. The second-order valence-corrected chi connectivity index (χ2v) is 5.45. The van der Waals surface area contributed by atoms with E-state index < -0.39 is 11.3 Å². The highest BCUT2D eigenvalue weighted by atomic mass is 16.2. The number of nitrogen functional groups attached to an aromatic ring is 1. The van der Waals surface area contributed by atoms with Gasteiger partial charge in [0.05, 0.1) is 16.8 Å². The molecule has 1 fully saturated rings. The number of amides is 2. The summed E-state index contributed by atoms with van der Waals surface area (Å²) >= 11 is 0. The lowest BCUT2D eigenvalue weighted by molar-refractivity contribution is -0.128. The number of nitrogens with two attached hydrogens (primary N) is 2. The highest BCUT2D eigenvalue weighted by Crippen LogP contribution is 2.36. The van der Waals surface area contributed by atoms with Gasteiger partial charge in [0.2, 0.25) is 11.8 Å². The lowest BCUT2D eigenvalue weighted by Gasteiger charge is -2.25. The van der Waals surface area contributed by atoms with Crippen LogP contribution in [-0.2, 0) is 4.79 Å². The molecule has 6 heteroatoms. The molecule has 20 heavy (non-hydrogen) atoms. The van der Waals surface area contributed by atoms with Crippen LogP contribution < -0.4 is 21.7 Å². The van der Waals surface area contributed by atoms with Gasteiger partial charge in [-0.2, -0.15) is 0 Å². The molecule has 108 valence electrons. The number of carbonyl (C=O) groups excluding carboxylic acids is 2. The first kappa shape index (κ1) is 14.2. The lowest BCUT2D eigenvalue weighted by atomic mass is 9.89. The van der Waals surface area contributed by atoms with Gasteiger partial charge in [-0.1, -0.05) is 0 Å². The summed E-state index contributed by atoms with van der Waals surface area (Å²) in [5.74, 6) is -0.468. The van der Waals surface area contributed by atoms with Gasteiger partial charge in [0.1, 0.15) is 0 Å². The van der Waals surface area contributed by atoms with Crippen molar-refractivity contribution in [2.75, 3.05) is 30.8 Å². The van der Waals surface area contributed by atoms with Crippen molar-refractivity contribution in [1.29, 1.82) is 0 Å². The molecule has 1 unspecified atom stereocenters. The minimum atomic E-state index is -0.487. The van der Waals surface area contributed by atoms with Crippen molar-refractivity contribution in [2.24, 2.45) is 11.1 Å². The van der Waals surface area contributed by atoms with E-state index in [0.29, 0.717) is 17.8 Å². The summed E-state index contributed by atoms with van der Waals surface area (Å²) in [6.45, 7) is 3.22. The molecule has 5 N–H and O–H groups in total.